The predicted octanol–water partition coefficient (Wildman–Crippen LogP) is 2.58. The second-order valence-electron chi connectivity index (χ2n) is 3.05. The minimum atomic E-state index is -5.17. The first-order chi connectivity index (χ1) is 8.13. The molecule has 0 unspecified atom stereocenters. The topological polar surface area (TPSA) is 82.3 Å². The molecule has 0 saturated carbocycles. The molecule has 6 nitrogen and oxygen atoms in total. The number of nitrogens with zero attached hydrogens (tertiary/aromatic N) is 2. The number of nitro groups is 1. The molecular weight excluding hydrogens is 281 g/mol. The number of alkyl halides is 3. The van der Waals surface area contributed by atoms with Crippen molar-refractivity contribution in [1.82, 2.24) is 4.98 Å². The maximum Gasteiger partial charge on any atom is 0.574 e. The number of carbonyl (C=O) groups excluding carboxylic acids is 1. The van der Waals surface area contributed by atoms with Crippen LogP contribution in [0.5, 0.6) is 5.88 Å². The fourth-order valence-corrected chi connectivity index (χ4v) is 1.42. The van der Waals surface area contributed by atoms with Crippen LogP contribution in [0.4, 0.5) is 18.9 Å². The van der Waals surface area contributed by atoms with E-state index in [-0.39, 0.29) is 5.56 Å². The van der Waals surface area contributed by atoms with Crippen LogP contribution in [0.3, 0.4) is 0 Å². The van der Waals surface area contributed by atoms with Gasteiger partial charge in [0.1, 0.15) is 5.56 Å². The van der Waals surface area contributed by atoms with E-state index in [1.807, 2.05) is 0 Å². The van der Waals surface area contributed by atoms with Crippen LogP contribution in [0, 0.1) is 17.0 Å². The molecule has 98 valence electrons. The van der Waals surface area contributed by atoms with Crippen LogP contribution < -0.4 is 4.74 Å². The number of rotatable bonds is 3. The largest absolute Gasteiger partial charge is 0.574 e. The lowest BCUT2D eigenvalue weighted by molar-refractivity contribution is -0.389. The number of hydrogen-bond acceptors (Lipinski definition) is 5. The average Bonchev–Trinajstić information content (AvgIpc) is 2.17. The van der Waals surface area contributed by atoms with E-state index in [1.165, 1.54) is 6.92 Å². The van der Waals surface area contributed by atoms with E-state index in [4.69, 9.17) is 11.6 Å². The van der Waals surface area contributed by atoms with Crippen molar-refractivity contribution in [3.63, 3.8) is 0 Å². The number of hydrogen-bond donors (Lipinski definition) is 0. The SMILES string of the molecule is Cc1cnc(OC(F)(F)F)c([N+](=O)[O-])c1C(=O)Cl. The van der Waals surface area contributed by atoms with E-state index in [0.717, 1.165) is 6.20 Å². The van der Waals surface area contributed by atoms with E-state index in [1.54, 1.807) is 0 Å². The summed E-state index contributed by atoms with van der Waals surface area (Å²) in [5, 5.41) is 9.42. The lowest BCUT2D eigenvalue weighted by atomic mass is 10.1. The molecule has 0 radical (unpaired) electrons. The number of ether oxygens (including phenoxy) is 1. The lowest BCUT2D eigenvalue weighted by Crippen LogP contribution is -2.19. The maximum atomic E-state index is 12.0. The van der Waals surface area contributed by atoms with E-state index in [2.05, 4.69) is 9.72 Å². The van der Waals surface area contributed by atoms with Gasteiger partial charge in [-0.05, 0) is 24.1 Å². The van der Waals surface area contributed by atoms with Gasteiger partial charge < -0.3 is 4.74 Å². The van der Waals surface area contributed by atoms with Crippen molar-refractivity contribution in [3.8, 4) is 5.88 Å². The van der Waals surface area contributed by atoms with Gasteiger partial charge in [-0.2, -0.15) is 0 Å². The minimum Gasteiger partial charge on any atom is -0.381 e. The molecule has 0 saturated heterocycles. The van der Waals surface area contributed by atoms with Gasteiger partial charge in [0.2, 0.25) is 0 Å². The van der Waals surface area contributed by atoms with Crippen molar-refractivity contribution in [2.45, 2.75) is 13.3 Å². The molecule has 0 aliphatic rings. The van der Waals surface area contributed by atoms with Crippen LogP contribution >= 0.6 is 11.6 Å². The highest BCUT2D eigenvalue weighted by atomic mass is 35.5. The Hall–Kier alpha value is -1.90. The van der Waals surface area contributed by atoms with Crippen LogP contribution in [-0.4, -0.2) is 21.5 Å². The predicted molar refractivity (Wildman–Crippen MR) is 52.5 cm³/mol. The zero-order valence-corrected chi connectivity index (χ0v) is 9.37. The summed E-state index contributed by atoms with van der Waals surface area (Å²) >= 11 is 5.09. The van der Waals surface area contributed by atoms with Gasteiger partial charge in [0.05, 0.1) is 4.92 Å². The number of pyridine rings is 1. The molecule has 0 atom stereocenters. The molecule has 0 fully saturated rings. The second-order valence-corrected chi connectivity index (χ2v) is 3.39. The Morgan fingerprint density at radius 2 is 2.11 bits per heavy atom. The summed E-state index contributed by atoms with van der Waals surface area (Å²) in [5.74, 6) is -1.33. The Bertz CT molecular complexity index is 518. The zero-order chi connectivity index (χ0) is 14.1. The van der Waals surface area contributed by atoms with Crippen molar-refractivity contribution < 1.29 is 27.6 Å². The van der Waals surface area contributed by atoms with Gasteiger partial charge in [0.25, 0.3) is 5.24 Å². The first kappa shape index (κ1) is 14.2. The molecule has 0 N–H and O–H groups in total. The van der Waals surface area contributed by atoms with Gasteiger partial charge in [-0.3, -0.25) is 14.9 Å². The molecular formula is C8H4ClF3N2O4. The van der Waals surface area contributed by atoms with Crippen LogP contribution in [0.15, 0.2) is 6.20 Å². The number of aromatic nitrogens is 1. The average molecular weight is 285 g/mol. The van der Waals surface area contributed by atoms with Gasteiger partial charge in [-0.15, -0.1) is 13.2 Å². The van der Waals surface area contributed by atoms with Crippen LogP contribution in [0.25, 0.3) is 0 Å². The Morgan fingerprint density at radius 3 is 2.50 bits per heavy atom. The molecule has 1 rings (SSSR count). The second kappa shape index (κ2) is 4.77. The number of halogens is 4. The molecule has 0 bridgehead atoms. The maximum absolute atomic E-state index is 12.0. The summed E-state index contributed by atoms with van der Waals surface area (Å²) in [6.45, 7) is 1.24. The summed E-state index contributed by atoms with van der Waals surface area (Å²) in [5.41, 5.74) is -1.93. The van der Waals surface area contributed by atoms with Crippen LogP contribution in [-0.2, 0) is 0 Å². The molecule has 1 aromatic heterocycles. The molecule has 1 aromatic rings. The van der Waals surface area contributed by atoms with E-state index in [9.17, 15) is 28.1 Å². The van der Waals surface area contributed by atoms with Crippen molar-refractivity contribution in [3.05, 3.63) is 27.4 Å². The molecule has 0 amide bonds. The fraction of sp³-hybridized carbons (Fsp3) is 0.250. The van der Waals surface area contributed by atoms with Crippen molar-refractivity contribution in [1.29, 1.82) is 0 Å². The van der Waals surface area contributed by atoms with Crippen LogP contribution in [0.1, 0.15) is 15.9 Å². The first-order valence-corrected chi connectivity index (χ1v) is 4.61. The third-order valence-electron chi connectivity index (χ3n) is 1.80. The number of carbonyl (C=O) groups is 1. The van der Waals surface area contributed by atoms with Crippen molar-refractivity contribution >= 4 is 22.5 Å². The third-order valence-corrected chi connectivity index (χ3v) is 1.99. The highest BCUT2D eigenvalue weighted by Crippen LogP contribution is 2.35. The van der Waals surface area contributed by atoms with E-state index in [0.29, 0.717) is 0 Å². The molecule has 0 aliphatic carbocycles. The van der Waals surface area contributed by atoms with Gasteiger partial charge in [0, 0.05) is 6.20 Å². The van der Waals surface area contributed by atoms with Crippen molar-refractivity contribution in [2.24, 2.45) is 0 Å². The Morgan fingerprint density at radius 1 is 1.56 bits per heavy atom. The van der Waals surface area contributed by atoms with Gasteiger partial charge in [-0.1, -0.05) is 0 Å². The first-order valence-electron chi connectivity index (χ1n) is 4.23. The smallest absolute Gasteiger partial charge is 0.381 e. The summed E-state index contributed by atoms with van der Waals surface area (Å²) in [6, 6.07) is 0. The lowest BCUT2D eigenvalue weighted by Gasteiger charge is -2.10. The highest BCUT2D eigenvalue weighted by molar-refractivity contribution is 6.68. The van der Waals surface area contributed by atoms with Gasteiger partial charge in [-0.25, -0.2) is 4.98 Å². The third kappa shape index (κ3) is 3.06. The Balaban J connectivity index is 3.49. The van der Waals surface area contributed by atoms with E-state index >= 15 is 0 Å². The molecule has 18 heavy (non-hydrogen) atoms. The fourth-order valence-electron chi connectivity index (χ4n) is 1.18. The molecule has 0 spiro atoms. The van der Waals surface area contributed by atoms with Gasteiger partial charge >= 0.3 is 17.9 Å². The normalized spacial score (nSPS) is 11.2. The van der Waals surface area contributed by atoms with Crippen LogP contribution in [0.2, 0.25) is 0 Å². The molecule has 1 heterocycles. The van der Waals surface area contributed by atoms with Crippen molar-refractivity contribution in [2.75, 3.05) is 0 Å². The monoisotopic (exact) mass is 284 g/mol. The summed E-state index contributed by atoms with van der Waals surface area (Å²) in [4.78, 5) is 23.6. The minimum absolute atomic E-state index is 0.0313. The van der Waals surface area contributed by atoms with Gasteiger partial charge in [0.15, 0.2) is 0 Å². The highest BCUT2D eigenvalue weighted by Gasteiger charge is 2.38. The summed E-state index contributed by atoms with van der Waals surface area (Å²) < 4.78 is 39.4. The summed E-state index contributed by atoms with van der Waals surface area (Å²) in [7, 11) is 0. The quantitative estimate of drug-likeness (QED) is 0.484. The zero-order valence-electron chi connectivity index (χ0n) is 8.62. The molecule has 10 heteroatoms. The molecule has 0 aromatic carbocycles. The summed E-state index contributed by atoms with van der Waals surface area (Å²) in [6.07, 6.45) is -4.34. The number of aryl methyl sites for hydroxylation is 1. The van der Waals surface area contributed by atoms with E-state index < -0.39 is 33.7 Å². The Kier molecular flexibility index (Phi) is 3.75. The standard InChI is InChI=1S/C8H4ClF3N2O4/c1-3-2-13-7(18-8(10,11)12)5(14(16)17)4(3)6(9)15/h2H,1H3. The Labute approximate surface area is 102 Å². The molecule has 0 aliphatic heterocycles.